The van der Waals surface area contributed by atoms with E-state index in [0.717, 1.165) is 5.56 Å². The molecule has 2 aromatic rings. The molecule has 0 bridgehead atoms. The van der Waals surface area contributed by atoms with Gasteiger partial charge < -0.3 is 19.7 Å². The molecule has 0 aliphatic rings. The normalized spacial score (nSPS) is 12.0. The van der Waals surface area contributed by atoms with Crippen LogP contribution in [-0.4, -0.2) is 23.9 Å². The van der Waals surface area contributed by atoms with Crippen LogP contribution in [0.3, 0.4) is 0 Å². The zero-order valence-electron chi connectivity index (χ0n) is 11.6. The third-order valence-corrected chi connectivity index (χ3v) is 3.27. The lowest BCUT2D eigenvalue weighted by atomic mass is 10.1. The maximum absolute atomic E-state index is 10.1. The number of benzene rings is 2. The molecule has 1 unspecified atom stereocenters. The highest BCUT2D eigenvalue weighted by Crippen LogP contribution is 2.35. The SMILES string of the molecule is COc1cc(Cl)cc(CO)c1OCC(O)c1ccccc1. The standard InChI is InChI=1S/C16H17ClO4/c1-20-15-8-13(17)7-12(9-18)16(15)21-10-14(19)11-5-3-2-4-6-11/h2-8,14,18-19H,9-10H2,1H3. The second kappa shape index (κ2) is 7.31. The van der Waals surface area contributed by atoms with Gasteiger partial charge in [-0.25, -0.2) is 0 Å². The summed E-state index contributed by atoms with van der Waals surface area (Å²) in [5.41, 5.74) is 1.27. The van der Waals surface area contributed by atoms with Crippen LogP contribution in [0.5, 0.6) is 11.5 Å². The number of aliphatic hydroxyl groups excluding tert-OH is 2. The van der Waals surface area contributed by atoms with E-state index in [0.29, 0.717) is 22.1 Å². The average molecular weight is 309 g/mol. The highest BCUT2D eigenvalue weighted by Gasteiger charge is 2.15. The Morgan fingerprint density at radius 3 is 2.52 bits per heavy atom. The van der Waals surface area contributed by atoms with Gasteiger partial charge in [-0.05, 0) is 11.6 Å². The molecule has 0 aromatic heterocycles. The van der Waals surface area contributed by atoms with Gasteiger partial charge in [0.1, 0.15) is 12.7 Å². The van der Waals surface area contributed by atoms with Crippen molar-refractivity contribution >= 4 is 11.6 Å². The van der Waals surface area contributed by atoms with Crippen molar-refractivity contribution in [1.82, 2.24) is 0 Å². The second-order valence-corrected chi connectivity index (χ2v) is 4.93. The zero-order chi connectivity index (χ0) is 15.2. The van der Waals surface area contributed by atoms with Gasteiger partial charge in [-0.1, -0.05) is 41.9 Å². The summed E-state index contributed by atoms with van der Waals surface area (Å²) in [4.78, 5) is 0. The molecule has 2 N–H and O–H groups in total. The van der Waals surface area contributed by atoms with Gasteiger partial charge in [-0.3, -0.25) is 0 Å². The van der Waals surface area contributed by atoms with Crippen LogP contribution in [-0.2, 0) is 6.61 Å². The summed E-state index contributed by atoms with van der Waals surface area (Å²) < 4.78 is 10.8. The number of aliphatic hydroxyl groups is 2. The highest BCUT2D eigenvalue weighted by atomic mass is 35.5. The molecule has 0 heterocycles. The smallest absolute Gasteiger partial charge is 0.166 e. The van der Waals surface area contributed by atoms with Crippen LogP contribution in [0.4, 0.5) is 0 Å². The van der Waals surface area contributed by atoms with Crippen LogP contribution >= 0.6 is 11.6 Å². The summed E-state index contributed by atoms with van der Waals surface area (Å²) in [5, 5.41) is 19.9. The molecule has 0 saturated carbocycles. The molecular weight excluding hydrogens is 292 g/mol. The molecule has 0 radical (unpaired) electrons. The third-order valence-electron chi connectivity index (χ3n) is 3.06. The Bertz CT molecular complexity index is 561. The molecule has 21 heavy (non-hydrogen) atoms. The Labute approximate surface area is 128 Å². The zero-order valence-corrected chi connectivity index (χ0v) is 12.4. The van der Waals surface area contributed by atoms with E-state index >= 15 is 0 Å². The summed E-state index contributed by atoms with van der Waals surface area (Å²) in [6, 6.07) is 12.4. The van der Waals surface area contributed by atoms with Crippen molar-refractivity contribution in [1.29, 1.82) is 0 Å². The first-order valence-electron chi connectivity index (χ1n) is 6.48. The summed E-state index contributed by atoms with van der Waals surface area (Å²) >= 11 is 5.94. The van der Waals surface area contributed by atoms with Crippen LogP contribution in [0.25, 0.3) is 0 Å². The molecule has 5 heteroatoms. The highest BCUT2D eigenvalue weighted by molar-refractivity contribution is 6.30. The molecule has 4 nitrogen and oxygen atoms in total. The van der Waals surface area contributed by atoms with Gasteiger partial charge in [-0.15, -0.1) is 0 Å². The number of hydrogen-bond acceptors (Lipinski definition) is 4. The summed E-state index contributed by atoms with van der Waals surface area (Å²) in [6.45, 7) is -0.178. The van der Waals surface area contributed by atoms with Crippen LogP contribution in [0.1, 0.15) is 17.2 Å². The predicted octanol–water partition coefficient (Wildman–Crippen LogP) is 2.95. The number of hydrogen-bond donors (Lipinski definition) is 2. The summed E-state index contributed by atoms with van der Waals surface area (Å²) in [7, 11) is 1.49. The van der Waals surface area contributed by atoms with Crippen LogP contribution in [0.15, 0.2) is 42.5 Å². The van der Waals surface area contributed by atoms with Crippen molar-refractivity contribution in [2.45, 2.75) is 12.7 Å². The van der Waals surface area contributed by atoms with Crippen LogP contribution < -0.4 is 9.47 Å². The van der Waals surface area contributed by atoms with Crippen molar-refractivity contribution < 1.29 is 19.7 Å². The predicted molar refractivity (Wildman–Crippen MR) is 80.8 cm³/mol. The lowest BCUT2D eigenvalue weighted by Gasteiger charge is -2.17. The molecule has 112 valence electrons. The van der Waals surface area contributed by atoms with Gasteiger partial charge in [0.05, 0.1) is 13.7 Å². The maximum Gasteiger partial charge on any atom is 0.166 e. The number of methoxy groups -OCH3 is 1. The molecule has 2 aromatic carbocycles. The van der Waals surface area contributed by atoms with E-state index in [4.69, 9.17) is 21.1 Å². The number of rotatable bonds is 6. The molecule has 0 amide bonds. The molecular formula is C16H17ClO4. The van der Waals surface area contributed by atoms with Crippen LogP contribution in [0.2, 0.25) is 5.02 Å². The van der Waals surface area contributed by atoms with E-state index in [1.54, 1.807) is 12.1 Å². The van der Waals surface area contributed by atoms with Gasteiger partial charge >= 0.3 is 0 Å². The topological polar surface area (TPSA) is 58.9 Å². The quantitative estimate of drug-likeness (QED) is 0.861. The fourth-order valence-corrected chi connectivity index (χ4v) is 2.22. The van der Waals surface area contributed by atoms with E-state index in [-0.39, 0.29) is 13.2 Å². The average Bonchev–Trinajstić information content (AvgIpc) is 2.53. The fraction of sp³-hybridized carbons (Fsp3) is 0.250. The van der Waals surface area contributed by atoms with E-state index in [9.17, 15) is 10.2 Å². The van der Waals surface area contributed by atoms with Crippen LogP contribution in [0, 0.1) is 0 Å². The Hall–Kier alpha value is -1.75. The van der Waals surface area contributed by atoms with Gasteiger partial charge in [0.25, 0.3) is 0 Å². The fourth-order valence-electron chi connectivity index (χ4n) is 1.99. The van der Waals surface area contributed by atoms with Crippen molar-refractivity contribution in [2.75, 3.05) is 13.7 Å². The molecule has 0 saturated heterocycles. The van der Waals surface area contributed by atoms with E-state index in [1.807, 2.05) is 30.3 Å². The lowest BCUT2D eigenvalue weighted by molar-refractivity contribution is 0.104. The van der Waals surface area contributed by atoms with Crippen molar-refractivity contribution in [2.24, 2.45) is 0 Å². The van der Waals surface area contributed by atoms with Gasteiger partial charge in [-0.2, -0.15) is 0 Å². The number of halogens is 1. The molecule has 0 aliphatic heterocycles. The molecule has 2 rings (SSSR count). The van der Waals surface area contributed by atoms with E-state index < -0.39 is 6.10 Å². The molecule has 1 atom stereocenters. The Kier molecular flexibility index (Phi) is 5.44. The largest absolute Gasteiger partial charge is 0.493 e. The summed E-state index contributed by atoms with van der Waals surface area (Å²) in [6.07, 6.45) is -0.766. The first-order chi connectivity index (χ1) is 10.2. The Morgan fingerprint density at radius 1 is 1.19 bits per heavy atom. The Morgan fingerprint density at radius 2 is 1.90 bits per heavy atom. The van der Waals surface area contributed by atoms with Crippen molar-refractivity contribution in [3.8, 4) is 11.5 Å². The first-order valence-corrected chi connectivity index (χ1v) is 6.86. The number of ether oxygens (including phenoxy) is 2. The van der Waals surface area contributed by atoms with E-state index in [2.05, 4.69) is 0 Å². The first kappa shape index (κ1) is 15.6. The van der Waals surface area contributed by atoms with Gasteiger partial charge in [0.15, 0.2) is 11.5 Å². The molecule has 0 fully saturated rings. The van der Waals surface area contributed by atoms with E-state index in [1.165, 1.54) is 7.11 Å². The lowest BCUT2D eigenvalue weighted by Crippen LogP contribution is -2.11. The third kappa shape index (κ3) is 3.88. The van der Waals surface area contributed by atoms with Crippen molar-refractivity contribution in [3.05, 3.63) is 58.6 Å². The molecule has 0 spiro atoms. The minimum atomic E-state index is -0.766. The monoisotopic (exact) mass is 308 g/mol. The minimum absolute atomic E-state index is 0.0506. The van der Waals surface area contributed by atoms with Gasteiger partial charge in [0, 0.05) is 16.7 Å². The van der Waals surface area contributed by atoms with Crippen molar-refractivity contribution in [3.63, 3.8) is 0 Å². The second-order valence-electron chi connectivity index (χ2n) is 4.49. The Balaban J connectivity index is 2.16. The minimum Gasteiger partial charge on any atom is -0.493 e. The van der Waals surface area contributed by atoms with Gasteiger partial charge in [0.2, 0.25) is 0 Å². The molecule has 0 aliphatic carbocycles. The summed E-state index contributed by atoms with van der Waals surface area (Å²) in [5.74, 6) is 0.811. The maximum atomic E-state index is 10.1.